The third kappa shape index (κ3) is 4.06. The van der Waals surface area contributed by atoms with Crippen LogP contribution in [0.5, 0.6) is 0 Å². The third-order valence-corrected chi connectivity index (χ3v) is 5.68. The molecule has 0 radical (unpaired) electrons. The van der Waals surface area contributed by atoms with E-state index in [1.165, 1.54) is 29.4 Å². The van der Waals surface area contributed by atoms with Crippen molar-refractivity contribution in [2.75, 3.05) is 26.7 Å². The molecule has 0 atom stereocenters. The first-order chi connectivity index (χ1) is 13.2. The number of rotatable bonds is 5. The highest BCUT2D eigenvalue weighted by atomic mass is 16.1. The Morgan fingerprint density at radius 3 is 2.70 bits per heavy atom. The van der Waals surface area contributed by atoms with Crippen LogP contribution in [0.2, 0.25) is 0 Å². The normalized spacial score (nSPS) is 15.9. The number of carbonyl (C=O) groups excluding carboxylic acids is 1. The van der Waals surface area contributed by atoms with Gasteiger partial charge in [-0.3, -0.25) is 4.79 Å². The zero-order valence-corrected chi connectivity index (χ0v) is 15.9. The van der Waals surface area contributed by atoms with E-state index in [0.29, 0.717) is 12.5 Å². The molecule has 2 heterocycles. The van der Waals surface area contributed by atoms with Gasteiger partial charge < -0.3 is 15.2 Å². The summed E-state index contributed by atoms with van der Waals surface area (Å²) in [4.78, 5) is 18.4. The second-order valence-electron chi connectivity index (χ2n) is 7.57. The fourth-order valence-corrected chi connectivity index (χ4v) is 4.01. The lowest BCUT2D eigenvalue weighted by atomic mass is 9.89. The maximum atomic E-state index is 12.6. The van der Waals surface area contributed by atoms with Gasteiger partial charge in [-0.1, -0.05) is 30.3 Å². The predicted octanol–water partition coefficient (Wildman–Crippen LogP) is 3.95. The van der Waals surface area contributed by atoms with E-state index in [2.05, 4.69) is 46.6 Å². The number of fused-ring (bicyclic) bond motifs is 1. The van der Waals surface area contributed by atoms with Crippen molar-refractivity contribution in [2.45, 2.75) is 25.2 Å². The number of amides is 1. The molecule has 1 aromatic heterocycles. The van der Waals surface area contributed by atoms with Crippen molar-refractivity contribution >= 4 is 16.8 Å². The van der Waals surface area contributed by atoms with Crippen LogP contribution in [-0.2, 0) is 6.42 Å². The van der Waals surface area contributed by atoms with Crippen molar-refractivity contribution in [3.8, 4) is 0 Å². The van der Waals surface area contributed by atoms with E-state index in [9.17, 15) is 4.79 Å². The molecule has 0 bridgehead atoms. The van der Waals surface area contributed by atoms with Gasteiger partial charge in [0.1, 0.15) is 0 Å². The summed E-state index contributed by atoms with van der Waals surface area (Å²) in [6, 6.07) is 16.2. The van der Waals surface area contributed by atoms with Gasteiger partial charge in [-0.25, -0.2) is 0 Å². The lowest BCUT2D eigenvalue weighted by Crippen LogP contribution is -2.29. The second-order valence-corrected chi connectivity index (χ2v) is 7.57. The fourth-order valence-electron chi connectivity index (χ4n) is 4.01. The molecule has 2 N–H and O–H groups in total. The molecule has 1 amide bonds. The molecule has 0 aliphatic carbocycles. The molecule has 4 heteroatoms. The van der Waals surface area contributed by atoms with Crippen LogP contribution in [-0.4, -0.2) is 42.5 Å². The first-order valence-electron chi connectivity index (χ1n) is 9.82. The Balaban J connectivity index is 1.45. The molecule has 140 valence electrons. The average Bonchev–Trinajstić information content (AvgIpc) is 3.12. The Kier molecular flexibility index (Phi) is 5.26. The van der Waals surface area contributed by atoms with E-state index in [1.807, 2.05) is 30.3 Å². The molecule has 2 aromatic carbocycles. The fraction of sp³-hybridized carbons (Fsp3) is 0.348. The summed E-state index contributed by atoms with van der Waals surface area (Å²) in [5, 5.41) is 4.25. The largest absolute Gasteiger partial charge is 0.361 e. The first kappa shape index (κ1) is 17.8. The number of aromatic amines is 1. The van der Waals surface area contributed by atoms with Crippen molar-refractivity contribution in [1.82, 2.24) is 15.2 Å². The molecule has 3 aromatic rings. The van der Waals surface area contributed by atoms with E-state index in [-0.39, 0.29) is 5.91 Å². The minimum Gasteiger partial charge on any atom is -0.361 e. The standard InChI is InChI=1S/C23H27N3O/c1-26-13-10-18(11-14-26)21-16-25-22-8-7-19(15-20(21)22)23(27)24-12-9-17-5-3-2-4-6-17/h2-8,15-16,18,25H,9-14H2,1H3,(H,24,27). The van der Waals surface area contributed by atoms with Gasteiger partial charge in [-0.15, -0.1) is 0 Å². The summed E-state index contributed by atoms with van der Waals surface area (Å²) in [7, 11) is 2.18. The summed E-state index contributed by atoms with van der Waals surface area (Å²) in [5.41, 5.74) is 4.45. The van der Waals surface area contributed by atoms with Crippen molar-refractivity contribution in [2.24, 2.45) is 0 Å². The summed E-state index contributed by atoms with van der Waals surface area (Å²) in [6.07, 6.45) is 5.34. The van der Waals surface area contributed by atoms with Crippen LogP contribution >= 0.6 is 0 Å². The van der Waals surface area contributed by atoms with Crippen LogP contribution in [0.4, 0.5) is 0 Å². The smallest absolute Gasteiger partial charge is 0.251 e. The first-order valence-corrected chi connectivity index (χ1v) is 9.82. The molecule has 4 rings (SSSR count). The molecule has 1 fully saturated rings. The summed E-state index contributed by atoms with van der Waals surface area (Å²) < 4.78 is 0. The summed E-state index contributed by atoms with van der Waals surface area (Å²) in [5.74, 6) is 0.578. The van der Waals surface area contributed by atoms with Crippen LogP contribution in [0, 0.1) is 0 Å². The van der Waals surface area contributed by atoms with Crippen molar-refractivity contribution < 1.29 is 4.79 Å². The van der Waals surface area contributed by atoms with Crippen molar-refractivity contribution in [3.63, 3.8) is 0 Å². The van der Waals surface area contributed by atoms with Crippen LogP contribution in [0.15, 0.2) is 54.7 Å². The number of aromatic nitrogens is 1. The van der Waals surface area contributed by atoms with Crippen LogP contribution in [0.3, 0.4) is 0 Å². The quantitative estimate of drug-likeness (QED) is 0.723. The Morgan fingerprint density at radius 1 is 1.15 bits per heavy atom. The predicted molar refractivity (Wildman–Crippen MR) is 110 cm³/mol. The Labute approximate surface area is 160 Å². The van der Waals surface area contributed by atoms with Gasteiger partial charge in [0.25, 0.3) is 5.91 Å². The van der Waals surface area contributed by atoms with E-state index >= 15 is 0 Å². The number of nitrogens with zero attached hydrogens (tertiary/aromatic N) is 1. The highest BCUT2D eigenvalue weighted by Gasteiger charge is 2.21. The lowest BCUT2D eigenvalue weighted by molar-refractivity contribution is 0.0954. The lowest BCUT2D eigenvalue weighted by Gasteiger charge is -2.28. The highest BCUT2D eigenvalue weighted by Crippen LogP contribution is 2.33. The second kappa shape index (κ2) is 7.97. The van der Waals surface area contributed by atoms with Crippen LogP contribution in [0.25, 0.3) is 10.9 Å². The van der Waals surface area contributed by atoms with Crippen LogP contribution in [0.1, 0.15) is 40.2 Å². The topological polar surface area (TPSA) is 48.1 Å². The number of piperidine rings is 1. The number of hydrogen-bond donors (Lipinski definition) is 2. The van der Waals surface area contributed by atoms with Gasteiger partial charge >= 0.3 is 0 Å². The number of H-pyrrole nitrogens is 1. The SMILES string of the molecule is CN1CCC(c2c[nH]c3ccc(C(=O)NCCc4ccccc4)cc23)CC1. The minimum atomic E-state index is 0.00311. The van der Waals surface area contributed by atoms with Crippen LogP contribution < -0.4 is 5.32 Å². The molecule has 27 heavy (non-hydrogen) atoms. The maximum Gasteiger partial charge on any atom is 0.251 e. The van der Waals surface area contributed by atoms with Gasteiger partial charge in [-0.2, -0.15) is 0 Å². The number of hydrogen-bond acceptors (Lipinski definition) is 2. The van der Waals surface area contributed by atoms with Crippen molar-refractivity contribution in [3.05, 3.63) is 71.4 Å². The summed E-state index contributed by atoms with van der Waals surface area (Å²) >= 11 is 0. The van der Waals surface area contributed by atoms with Gasteiger partial charge in [0.2, 0.25) is 0 Å². The van der Waals surface area contributed by atoms with Gasteiger partial charge in [-0.05, 0) is 74.6 Å². The van der Waals surface area contributed by atoms with Gasteiger partial charge in [0.15, 0.2) is 0 Å². The zero-order chi connectivity index (χ0) is 18.6. The maximum absolute atomic E-state index is 12.6. The van der Waals surface area contributed by atoms with Gasteiger partial charge in [0, 0.05) is 29.2 Å². The molecule has 0 unspecified atom stereocenters. The number of carbonyl (C=O) groups is 1. The number of benzene rings is 2. The average molecular weight is 361 g/mol. The van der Waals surface area contributed by atoms with Crippen molar-refractivity contribution in [1.29, 1.82) is 0 Å². The minimum absolute atomic E-state index is 0.00311. The Morgan fingerprint density at radius 2 is 1.93 bits per heavy atom. The Bertz CT molecular complexity index is 908. The van der Waals surface area contributed by atoms with Gasteiger partial charge in [0.05, 0.1) is 0 Å². The highest BCUT2D eigenvalue weighted by molar-refractivity contribution is 5.98. The molecular weight excluding hydrogens is 334 g/mol. The third-order valence-electron chi connectivity index (χ3n) is 5.68. The molecule has 4 nitrogen and oxygen atoms in total. The Hall–Kier alpha value is -2.59. The molecule has 0 saturated carbocycles. The number of likely N-dealkylation sites (tertiary alicyclic amines) is 1. The van der Waals surface area contributed by atoms with E-state index in [1.54, 1.807) is 0 Å². The monoisotopic (exact) mass is 361 g/mol. The van der Waals surface area contributed by atoms with E-state index in [0.717, 1.165) is 30.6 Å². The number of nitrogens with one attached hydrogen (secondary N) is 2. The van der Waals surface area contributed by atoms with E-state index < -0.39 is 0 Å². The molecule has 1 aliphatic heterocycles. The molecule has 1 aliphatic rings. The molecule has 0 spiro atoms. The molecule has 1 saturated heterocycles. The zero-order valence-electron chi connectivity index (χ0n) is 15.9. The summed E-state index contributed by atoms with van der Waals surface area (Å²) in [6.45, 7) is 2.92. The molecular formula is C23H27N3O. The van der Waals surface area contributed by atoms with E-state index in [4.69, 9.17) is 0 Å².